The van der Waals surface area contributed by atoms with Gasteiger partial charge in [-0.1, -0.05) is 18.7 Å². The highest BCUT2D eigenvalue weighted by molar-refractivity contribution is 7.99. The summed E-state index contributed by atoms with van der Waals surface area (Å²) in [6, 6.07) is 0. The van der Waals surface area contributed by atoms with Gasteiger partial charge in [-0.25, -0.2) is 9.89 Å². The summed E-state index contributed by atoms with van der Waals surface area (Å²) in [4.78, 5) is 22.6. The van der Waals surface area contributed by atoms with Crippen LogP contribution in [0.4, 0.5) is 0 Å². The normalized spacial score (nSPS) is 14.4. The Kier molecular flexibility index (Phi) is 4.97. The monoisotopic (exact) mass is 274 g/mol. The van der Waals surface area contributed by atoms with E-state index in [0.717, 1.165) is 0 Å². The number of carboxylic acids is 1. The van der Waals surface area contributed by atoms with E-state index >= 15 is 0 Å². The first-order chi connectivity index (χ1) is 8.44. The Balaban J connectivity index is 2.79. The summed E-state index contributed by atoms with van der Waals surface area (Å²) >= 11 is 1.24. The maximum absolute atomic E-state index is 11.4. The minimum atomic E-state index is -1.03. The topological polar surface area (TPSA) is 100 Å². The summed E-state index contributed by atoms with van der Waals surface area (Å²) in [5.41, 5.74) is -1.31. The van der Waals surface area contributed by atoms with Crippen molar-refractivity contribution >= 4 is 17.7 Å². The highest BCUT2D eigenvalue weighted by Gasteiger charge is 2.32. The molecular weight excluding hydrogens is 256 g/mol. The first kappa shape index (κ1) is 14.8. The van der Waals surface area contributed by atoms with Crippen LogP contribution in [0.2, 0.25) is 0 Å². The van der Waals surface area contributed by atoms with Crippen molar-refractivity contribution in [1.82, 2.24) is 20.1 Å². The van der Waals surface area contributed by atoms with E-state index in [-0.39, 0.29) is 5.69 Å². The zero-order valence-corrected chi connectivity index (χ0v) is 11.5. The standard InChI is InChI=1S/C10H18N4O3S/c1-4-11-10(3,7(15)16)6-18-9-13-12-8(17)14(9)5-2/h11H,4-6H2,1-3H3,(H,12,17)(H,15,16). The quantitative estimate of drug-likeness (QED) is 0.611. The van der Waals surface area contributed by atoms with E-state index in [1.165, 1.54) is 16.3 Å². The molecule has 0 aliphatic carbocycles. The molecule has 0 bridgehead atoms. The molecule has 0 amide bonds. The zero-order chi connectivity index (χ0) is 13.8. The number of thioether (sulfide) groups is 1. The molecule has 0 saturated carbocycles. The smallest absolute Gasteiger partial charge is 0.343 e. The van der Waals surface area contributed by atoms with Gasteiger partial charge in [0.25, 0.3) is 0 Å². The van der Waals surface area contributed by atoms with Crippen LogP contribution in [0.5, 0.6) is 0 Å². The zero-order valence-electron chi connectivity index (χ0n) is 10.7. The summed E-state index contributed by atoms with van der Waals surface area (Å²) in [5.74, 6) is -0.627. The third-order valence-electron chi connectivity index (χ3n) is 2.57. The number of hydrogen-bond donors (Lipinski definition) is 3. The molecule has 0 radical (unpaired) electrons. The van der Waals surface area contributed by atoms with Gasteiger partial charge < -0.3 is 10.4 Å². The van der Waals surface area contributed by atoms with Crippen molar-refractivity contribution in [3.8, 4) is 0 Å². The minimum absolute atomic E-state index is 0.277. The summed E-state index contributed by atoms with van der Waals surface area (Å²) in [7, 11) is 0. The van der Waals surface area contributed by atoms with Crippen molar-refractivity contribution in [2.45, 2.75) is 38.0 Å². The summed E-state index contributed by atoms with van der Waals surface area (Å²) in [6.45, 7) is 6.37. The van der Waals surface area contributed by atoms with Crippen LogP contribution in [0.15, 0.2) is 9.95 Å². The molecule has 0 saturated heterocycles. The molecular formula is C10H18N4O3S. The van der Waals surface area contributed by atoms with Crippen LogP contribution >= 0.6 is 11.8 Å². The first-order valence-electron chi connectivity index (χ1n) is 5.71. The Bertz CT molecular complexity index is 470. The molecule has 1 unspecified atom stereocenters. The molecule has 1 aromatic heterocycles. The van der Waals surface area contributed by atoms with E-state index in [2.05, 4.69) is 15.5 Å². The van der Waals surface area contributed by atoms with Gasteiger partial charge in [0, 0.05) is 12.3 Å². The fourth-order valence-corrected chi connectivity index (χ4v) is 2.60. The summed E-state index contributed by atoms with van der Waals surface area (Å²) in [6.07, 6.45) is 0. The first-order valence-corrected chi connectivity index (χ1v) is 6.69. The van der Waals surface area contributed by atoms with Crippen LogP contribution in [-0.4, -0.2) is 43.7 Å². The summed E-state index contributed by atoms with van der Waals surface area (Å²) < 4.78 is 1.47. The third-order valence-corrected chi connectivity index (χ3v) is 3.86. The van der Waals surface area contributed by atoms with E-state index in [0.29, 0.717) is 24.0 Å². The fraction of sp³-hybridized carbons (Fsp3) is 0.700. The van der Waals surface area contributed by atoms with Gasteiger partial charge in [0.05, 0.1) is 0 Å². The molecule has 1 atom stereocenters. The number of H-pyrrole nitrogens is 1. The maximum atomic E-state index is 11.4. The van der Waals surface area contributed by atoms with Crippen LogP contribution in [0, 0.1) is 0 Å². The average Bonchev–Trinajstić information content (AvgIpc) is 2.67. The highest BCUT2D eigenvalue weighted by atomic mass is 32.2. The van der Waals surface area contributed by atoms with Crippen molar-refractivity contribution in [2.24, 2.45) is 0 Å². The molecule has 1 rings (SSSR count). The second-order valence-corrected chi connectivity index (χ2v) is 4.95. The van der Waals surface area contributed by atoms with Gasteiger partial charge in [-0.15, -0.1) is 5.10 Å². The van der Waals surface area contributed by atoms with Crippen molar-refractivity contribution in [2.75, 3.05) is 12.3 Å². The van der Waals surface area contributed by atoms with E-state index in [1.54, 1.807) is 6.92 Å². The predicted molar refractivity (Wildman–Crippen MR) is 69.0 cm³/mol. The molecule has 0 fully saturated rings. The number of hydrogen-bond acceptors (Lipinski definition) is 5. The number of rotatable bonds is 7. The lowest BCUT2D eigenvalue weighted by molar-refractivity contribution is -0.143. The lowest BCUT2D eigenvalue weighted by Crippen LogP contribution is -2.51. The maximum Gasteiger partial charge on any atom is 0.343 e. The minimum Gasteiger partial charge on any atom is -0.480 e. The number of nitrogens with zero attached hydrogens (tertiary/aromatic N) is 2. The van der Waals surface area contributed by atoms with Crippen LogP contribution in [0.3, 0.4) is 0 Å². The molecule has 0 spiro atoms. The lowest BCUT2D eigenvalue weighted by Gasteiger charge is -2.24. The average molecular weight is 274 g/mol. The number of likely N-dealkylation sites (N-methyl/N-ethyl adjacent to an activating group) is 1. The van der Waals surface area contributed by atoms with Gasteiger partial charge in [0.15, 0.2) is 5.16 Å². The largest absolute Gasteiger partial charge is 0.480 e. The molecule has 102 valence electrons. The van der Waals surface area contributed by atoms with Gasteiger partial charge in [-0.3, -0.25) is 9.36 Å². The van der Waals surface area contributed by atoms with Crippen molar-refractivity contribution in [3.05, 3.63) is 10.5 Å². The molecule has 7 nitrogen and oxygen atoms in total. The van der Waals surface area contributed by atoms with Crippen molar-refractivity contribution in [3.63, 3.8) is 0 Å². The molecule has 18 heavy (non-hydrogen) atoms. The Morgan fingerprint density at radius 3 is 2.78 bits per heavy atom. The van der Waals surface area contributed by atoms with Crippen molar-refractivity contribution in [1.29, 1.82) is 0 Å². The molecule has 8 heteroatoms. The number of aromatic amines is 1. The molecule has 0 aromatic carbocycles. The van der Waals surface area contributed by atoms with Crippen LogP contribution < -0.4 is 11.0 Å². The molecule has 1 heterocycles. The van der Waals surface area contributed by atoms with Gasteiger partial charge in [-0.2, -0.15) is 0 Å². The number of carboxylic acid groups (broad SMARTS) is 1. The Morgan fingerprint density at radius 1 is 1.61 bits per heavy atom. The van der Waals surface area contributed by atoms with Crippen LogP contribution in [0.1, 0.15) is 20.8 Å². The SMILES string of the molecule is CCNC(C)(CSc1n[nH]c(=O)n1CC)C(=O)O. The van der Waals surface area contributed by atoms with E-state index in [9.17, 15) is 14.7 Å². The molecule has 0 aliphatic rings. The Labute approximate surface area is 109 Å². The van der Waals surface area contributed by atoms with Crippen molar-refractivity contribution < 1.29 is 9.90 Å². The number of aromatic nitrogens is 3. The molecule has 3 N–H and O–H groups in total. The van der Waals surface area contributed by atoms with E-state index in [1.807, 2.05) is 13.8 Å². The van der Waals surface area contributed by atoms with Crippen LogP contribution in [0.25, 0.3) is 0 Å². The third kappa shape index (κ3) is 3.14. The van der Waals surface area contributed by atoms with Gasteiger partial charge in [0.2, 0.25) is 0 Å². The fourth-order valence-electron chi connectivity index (χ4n) is 1.48. The number of carbonyl (C=O) groups is 1. The van der Waals surface area contributed by atoms with Gasteiger partial charge in [0.1, 0.15) is 5.54 Å². The summed E-state index contributed by atoms with van der Waals surface area (Å²) in [5, 5.41) is 18.9. The molecule has 0 aliphatic heterocycles. The number of nitrogens with one attached hydrogen (secondary N) is 2. The lowest BCUT2D eigenvalue weighted by atomic mass is 10.1. The second-order valence-electron chi connectivity index (χ2n) is 4.01. The second kappa shape index (κ2) is 6.05. The van der Waals surface area contributed by atoms with Gasteiger partial charge >= 0.3 is 11.7 Å². The Hall–Kier alpha value is -1.28. The number of aliphatic carboxylic acids is 1. The van der Waals surface area contributed by atoms with E-state index < -0.39 is 11.5 Å². The Morgan fingerprint density at radius 2 is 2.28 bits per heavy atom. The van der Waals surface area contributed by atoms with Crippen LogP contribution in [-0.2, 0) is 11.3 Å². The van der Waals surface area contributed by atoms with E-state index in [4.69, 9.17) is 0 Å². The predicted octanol–water partition coefficient (Wildman–Crippen LogP) is 0.136. The van der Waals surface area contributed by atoms with Gasteiger partial charge in [-0.05, 0) is 20.4 Å². The highest BCUT2D eigenvalue weighted by Crippen LogP contribution is 2.20. The molecule has 1 aromatic rings.